The number of nitrogens with one attached hydrogen (secondary N) is 1. The molecule has 82 valence electrons. The topological polar surface area (TPSA) is 42.2 Å². The van der Waals surface area contributed by atoms with E-state index in [1.54, 1.807) is 24.3 Å². The number of hydrogen-bond acceptors (Lipinski definition) is 2. The second kappa shape index (κ2) is 4.72. The third-order valence-corrected chi connectivity index (χ3v) is 3.17. The number of halogens is 2. The number of benzene rings is 1. The SMILES string of the molecule is O=C(Nc1ccc(Cl)c(Br)c1)c1ccoc1. The Bertz CT molecular complexity index is 511. The highest BCUT2D eigenvalue weighted by Crippen LogP contribution is 2.25. The highest BCUT2D eigenvalue weighted by atomic mass is 79.9. The van der Waals surface area contributed by atoms with Crippen molar-refractivity contribution in [2.24, 2.45) is 0 Å². The molecule has 0 aliphatic heterocycles. The number of hydrogen-bond donors (Lipinski definition) is 1. The van der Waals surface area contributed by atoms with Gasteiger partial charge in [-0.15, -0.1) is 0 Å². The molecule has 0 fully saturated rings. The molecule has 5 heteroatoms. The second-order valence-corrected chi connectivity index (χ2v) is 4.36. The molecule has 3 nitrogen and oxygen atoms in total. The Kier molecular flexibility index (Phi) is 3.31. The van der Waals surface area contributed by atoms with Crippen molar-refractivity contribution in [3.8, 4) is 0 Å². The Morgan fingerprint density at radius 3 is 2.81 bits per heavy atom. The van der Waals surface area contributed by atoms with Crippen LogP contribution in [0.3, 0.4) is 0 Å². The van der Waals surface area contributed by atoms with Gasteiger partial charge in [0.05, 0.1) is 16.8 Å². The smallest absolute Gasteiger partial charge is 0.258 e. The molecular weight excluding hydrogens is 293 g/mol. The van der Waals surface area contributed by atoms with Crippen LogP contribution in [0, 0.1) is 0 Å². The average molecular weight is 301 g/mol. The van der Waals surface area contributed by atoms with Gasteiger partial charge in [0.25, 0.3) is 5.91 Å². The summed E-state index contributed by atoms with van der Waals surface area (Å²) in [6.45, 7) is 0. The molecule has 0 spiro atoms. The molecule has 2 rings (SSSR count). The Labute approximate surface area is 106 Å². The van der Waals surface area contributed by atoms with Gasteiger partial charge >= 0.3 is 0 Å². The van der Waals surface area contributed by atoms with Crippen LogP contribution in [0.15, 0.2) is 45.7 Å². The Hall–Kier alpha value is -1.26. The minimum Gasteiger partial charge on any atom is -0.472 e. The van der Waals surface area contributed by atoms with Crippen molar-refractivity contribution in [2.45, 2.75) is 0 Å². The molecule has 1 heterocycles. The maximum atomic E-state index is 11.7. The van der Waals surface area contributed by atoms with Gasteiger partial charge in [-0.3, -0.25) is 4.79 Å². The summed E-state index contributed by atoms with van der Waals surface area (Å²) in [4.78, 5) is 11.7. The predicted molar refractivity (Wildman–Crippen MR) is 65.8 cm³/mol. The lowest BCUT2D eigenvalue weighted by Crippen LogP contribution is -2.10. The molecule has 16 heavy (non-hydrogen) atoms. The van der Waals surface area contributed by atoms with E-state index in [1.807, 2.05) is 0 Å². The fraction of sp³-hybridized carbons (Fsp3) is 0. The largest absolute Gasteiger partial charge is 0.472 e. The van der Waals surface area contributed by atoms with Gasteiger partial charge in [0.1, 0.15) is 6.26 Å². The third kappa shape index (κ3) is 2.46. The monoisotopic (exact) mass is 299 g/mol. The number of rotatable bonds is 2. The number of carbonyl (C=O) groups is 1. The molecule has 1 aromatic carbocycles. The standard InChI is InChI=1S/C11H7BrClNO2/c12-9-5-8(1-2-10(9)13)14-11(15)7-3-4-16-6-7/h1-6H,(H,14,15). The summed E-state index contributed by atoms with van der Waals surface area (Å²) in [7, 11) is 0. The van der Waals surface area contributed by atoms with Gasteiger partial charge in [-0.2, -0.15) is 0 Å². The fourth-order valence-corrected chi connectivity index (χ4v) is 1.67. The van der Waals surface area contributed by atoms with E-state index in [-0.39, 0.29) is 5.91 Å². The van der Waals surface area contributed by atoms with Crippen molar-refractivity contribution in [3.63, 3.8) is 0 Å². The van der Waals surface area contributed by atoms with Gasteiger partial charge in [-0.05, 0) is 40.2 Å². The van der Waals surface area contributed by atoms with E-state index in [0.717, 1.165) is 4.47 Å². The third-order valence-electron chi connectivity index (χ3n) is 1.96. The first-order chi connectivity index (χ1) is 7.66. The first-order valence-corrected chi connectivity index (χ1v) is 5.62. The molecule has 0 saturated heterocycles. The van der Waals surface area contributed by atoms with Crippen molar-refractivity contribution in [3.05, 3.63) is 51.9 Å². The first-order valence-electron chi connectivity index (χ1n) is 4.45. The quantitative estimate of drug-likeness (QED) is 0.912. The summed E-state index contributed by atoms with van der Waals surface area (Å²) < 4.78 is 5.56. The summed E-state index contributed by atoms with van der Waals surface area (Å²) in [5.74, 6) is -0.219. The Morgan fingerprint density at radius 2 is 2.19 bits per heavy atom. The minimum absolute atomic E-state index is 0.219. The summed E-state index contributed by atoms with van der Waals surface area (Å²) >= 11 is 9.13. The molecule has 1 aromatic heterocycles. The lowest BCUT2D eigenvalue weighted by atomic mass is 10.3. The van der Waals surface area contributed by atoms with E-state index in [0.29, 0.717) is 16.3 Å². The molecule has 2 aromatic rings. The molecule has 1 N–H and O–H groups in total. The molecule has 0 unspecified atom stereocenters. The van der Waals surface area contributed by atoms with Gasteiger partial charge in [0, 0.05) is 10.2 Å². The van der Waals surface area contributed by atoms with Crippen molar-refractivity contribution in [1.29, 1.82) is 0 Å². The van der Waals surface area contributed by atoms with E-state index in [4.69, 9.17) is 16.0 Å². The molecule has 0 radical (unpaired) electrons. The normalized spacial score (nSPS) is 10.1. The number of furan rings is 1. The van der Waals surface area contributed by atoms with Crippen LogP contribution >= 0.6 is 27.5 Å². The molecule has 0 aliphatic rings. The zero-order valence-electron chi connectivity index (χ0n) is 8.04. The van der Waals surface area contributed by atoms with E-state index >= 15 is 0 Å². The van der Waals surface area contributed by atoms with Crippen molar-refractivity contribution >= 4 is 39.1 Å². The second-order valence-electron chi connectivity index (χ2n) is 3.10. The lowest BCUT2D eigenvalue weighted by molar-refractivity contribution is 0.102. The van der Waals surface area contributed by atoms with E-state index in [2.05, 4.69) is 21.2 Å². The van der Waals surface area contributed by atoms with Crippen LogP contribution in [-0.4, -0.2) is 5.91 Å². The van der Waals surface area contributed by atoms with Crippen molar-refractivity contribution in [2.75, 3.05) is 5.32 Å². The molecule has 0 atom stereocenters. The molecular formula is C11H7BrClNO2. The number of carbonyl (C=O) groups excluding carboxylic acids is 1. The summed E-state index contributed by atoms with van der Waals surface area (Å²) in [5.41, 5.74) is 1.15. The van der Waals surface area contributed by atoms with Crippen LogP contribution in [0.1, 0.15) is 10.4 Å². The van der Waals surface area contributed by atoms with Crippen LogP contribution < -0.4 is 5.32 Å². The lowest BCUT2D eigenvalue weighted by Gasteiger charge is -2.04. The first kappa shape index (κ1) is 11.2. The van der Waals surface area contributed by atoms with Crippen molar-refractivity contribution in [1.82, 2.24) is 0 Å². The molecule has 0 bridgehead atoms. The highest BCUT2D eigenvalue weighted by molar-refractivity contribution is 9.10. The predicted octanol–water partition coefficient (Wildman–Crippen LogP) is 3.95. The number of anilines is 1. The zero-order valence-corrected chi connectivity index (χ0v) is 10.4. The molecule has 0 saturated carbocycles. The number of amides is 1. The fourth-order valence-electron chi connectivity index (χ4n) is 1.17. The van der Waals surface area contributed by atoms with Gasteiger partial charge in [0.2, 0.25) is 0 Å². The zero-order chi connectivity index (χ0) is 11.5. The summed E-state index contributed by atoms with van der Waals surface area (Å²) in [6.07, 6.45) is 2.84. The van der Waals surface area contributed by atoms with Gasteiger partial charge in [0.15, 0.2) is 0 Å². The van der Waals surface area contributed by atoms with Crippen LogP contribution in [0.2, 0.25) is 5.02 Å². The van der Waals surface area contributed by atoms with Crippen LogP contribution in [0.5, 0.6) is 0 Å². The summed E-state index contributed by atoms with van der Waals surface area (Å²) in [6, 6.07) is 6.77. The Morgan fingerprint density at radius 1 is 1.38 bits per heavy atom. The Balaban J connectivity index is 2.15. The minimum atomic E-state index is -0.219. The van der Waals surface area contributed by atoms with E-state index < -0.39 is 0 Å². The van der Waals surface area contributed by atoms with Crippen molar-refractivity contribution < 1.29 is 9.21 Å². The van der Waals surface area contributed by atoms with Gasteiger partial charge < -0.3 is 9.73 Å². The van der Waals surface area contributed by atoms with Crippen LogP contribution in [-0.2, 0) is 0 Å². The van der Waals surface area contributed by atoms with E-state index in [1.165, 1.54) is 12.5 Å². The average Bonchev–Trinajstić information content (AvgIpc) is 2.77. The summed E-state index contributed by atoms with van der Waals surface area (Å²) in [5, 5.41) is 3.32. The van der Waals surface area contributed by atoms with Gasteiger partial charge in [-0.1, -0.05) is 11.6 Å². The van der Waals surface area contributed by atoms with Gasteiger partial charge in [-0.25, -0.2) is 0 Å². The highest BCUT2D eigenvalue weighted by Gasteiger charge is 2.07. The maximum absolute atomic E-state index is 11.7. The molecule has 1 amide bonds. The van der Waals surface area contributed by atoms with Crippen LogP contribution in [0.4, 0.5) is 5.69 Å². The molecule has 0 aliphatic carbocycles. The maximum Gasteiger partial charge on any atom is 0.258 e. The van der Waals surface area contributed by atoms with E-state index in [9.17, 15) is 4.79 Å². The van der Waals surface area contributed by atoms with Crippen LogP contribution in [0.25, 0.3) is 0 Å².